The van der Waals surface area contributed by atoms with Gasteiger partial charge in [0.1, 0.15) is 6.20 Å². The van der Waals surface area contributed by atoms with Gasteiger partial charge in [0.05, 0.1) is 16.8 Å². The summed E-state index contributed by atoms with van der Waals surface area (Å²) in [7, 11) is 0. The molecule has 0 spiro atoms. The van der Waals surface area contributed by atoms with Crippen LogP contribution in [0.5, 0.6) is 0 Å². The van der Waals surface area contributed by atoms with Gasteiger partial charge in [-0.1, -0.05) is 18.2 Å². The van der Waals surface area contributed by atoms with Crippen molar-refractivity contribution in [2.24, 2.45) is 11.8 Å². The Balaban J connectivity index is 1.91. The fourth-order valence-electron chi connectivity index (χ4n) is 3.04. The molecular weight excluding hydrogens is 307 g/mol. The zero-order valence-electron chi connectivity index (χ0n) is 10.7. The summed E-state index contributed by atoms with van der Waals surface area (Å²) in [6.07, 6.45) is -5.02. The van der Waals surface area contributed by atoms with Crippen LogP contribution in [0.3, 0.4) is 0 Å². The Morgan fingerprint density at radius 1 is 1.52 bits per heavy atom. The summed E-state index contributed by atoms with van der Waals surface area (Å²) < 4.78 is 38.5. The van der Waals surface area contributed by atoms with Crippen LogP contribution in [-0.4, -0.2) is 35.0 Å². The van der Waals surface area contributed by atoms with Crippen LogP contribution in [0.2, 0.25) is 5.02 Å². The smallest absolute Gasteiger partial charge is 0.382 e. The van der Waals surface area contributed by atoms with Gasteiger partial charge < -0.3 is 14.9 Å². The molecule has 1 N–H and O–H groups in total. The fourth-order valence-corrected chi connectivity index (χ4v) is 3.24. The van der Waals surface area contributed by atoms with Crippen molar-refractivity contribution in [1.29, 1.82) is 0 Å². The topological polar surface area (TPSA) is 40.7 Å². The van der Waals surface area contributed by atoms with Gasteiger partial charge in [-0.2, -0.15) is 13.2 Å². The van der Waals surface area contributed by atoms with E-state index in [2.05, 4.69) is 9.83 Å². The van der Waals surface area contributed by atoms with Crippen LogP contribution in [0.15, 0.2) is 12.3 Å². The van der Waals surface area contributed by atoms with E-state index in [-0.39, 0.29) is 22.7 Å². The number of hydrogen-bond donors (Lipinski definition) is 1. The highest BCUT2D eigenvalue weighted by Gasteiger charge is 2.60. The number of aliphatic hydroxyl groups is 1. The van der Waals surface area contributed by atoms with Crippen LogP contribution < -0.4 is 4.90 Å². The van der Waals surface area contributed by atoms with E-state index >= 15 is 0 Å². The Hall–Kier alpha value is -1.52. The number of aliphatic hydroxyl groups excluding tert-OH is 1. The summed E-state index contributed by atoms with van der Waals surface area (Å²) in [6.45, 7) is 7.31. The summed E-state index contributed by atoms with van der Waals surface area (Å²) in [5, 5.41) is 9.72. The Morgan fingerprint density at radius 3 is 2.81 bits per heavy atom. The highest BCUT2D eigenvalue weighted by atomic mass is 35.5. The summed E-state index contributed by atoms with van der Waals surface area (Å²) in [5.74, 6) is 0.0324. The van der Waals surface area contributed by atoms with E-state index in [4.69, 9.17) is 18.2 Å². The number of pyridine rings is 1. The van der Waals surface area contributed by atoms with Crippen LogP contribution in [-0.2, 0) is 0 Å². The van der Waals surface area contributed by atoms with Gasteiger partial charge in [0.15, 0.2) is 6.10 Å². The SMILES string of the molecule is [C-]#[N+]c1ncc(N2C[C@@H]3C[C@@H]3[C@@H]2[C@H](O)C(F)(F)F)cc1Cl. The minimum atomic E-state index is -4.66. The van der Waals surface area contributed by atoms with Crippen molar-refractivity contribution in [2.45, 2.75) is 24.7 Å². The van der Waals surface area contributed by atoms with E-state index in [1.54, 1.807) is 0 Å². The molecule has 8 heteroatoms. The molecule has 1 saturated heterocycles. The third-order valence-corrected chi connectivity index (χ3v) is 4.39. The molecule has 1 aromatic heterocycles. The molecule has 0 bridgehead atoms. The standard InChI is InChI=1S/C13H11ClF3N3O/c1-18-12-9(14)3-7(4-19-12)20-5-6-2-8(6)10(20)11(21)13(15,16)17/h3-4,6,8,10-11,21H,2,5H2/t6-,8-,10+,11-/m0/s1. The van der Waals surface area contributed by atoms with E-state index in [1.165, 1.54) is 17.2 Å². The fraction of sp³-hybridized carbons (Fsp3) is 0.538. The highest BCUT2D eigenvalue weighted by Crippen LogP contribution is 2.53. The molecule has 1 aliphatic heterocycles. The average Bonchev–Trinajstić information content (AvgIpc) is 3.08. The van der Waals surface area contributed by atoms with E-state index in [0.717, 1.165) is 0 Å². The minimum Gasteiger partial charge on any atom is -0.382 e. The molecule has 4 atom stereocenters. The zero-order chi connectivity index (χ0) is 15.4. The Bertz CT molecular complexity index is 616. The summed E-state index contributed by atoms with van der Waals surface area (Å²) in [6, 6.07) is 0.426. The van der Waals surface area contributed by atoms with Gasteiger partial charge >= 0.3 is 6.18 Å². The number of rotatable bonds is 2. The minimum absolute atomic E-state index is 0.0118. The first-order valence-corrected chi connectivity index (χ1v) is 6.75. The number of hydrogen-bond acceptors (Lipinski definition) is 3. The molecule has 3 rings (SSSR count). The molecule has 0 amide bonds. The lowest BCUT2D eigenvalue weighted by Gasteiger charge is -2.33. The maximum Gasteiger partial charge on any atom is 0.416 e. The van der Waals surface area contributed by atoms with Crippen LogP contribution in [0.4, 0.5) is 24.7 Å². The van der Waals surface area contributed by atoms with Crippen LogP contribution >= 0.6 is 11.6 Å². The summed E-state index contributed by atoms with van der Waals surface area (Å²) >= 11 is 5.89. The summed E-state index contributed by atoms with van der Waals surface area (Å²) in [4.78, 5) is 8.46. The normalized spacial score (nSPS) is 29.0. The lowest BCUT2D eigenvalue weighted by molar-refractivity contribution is -0.210. The lowest BCUT2D eigenvalue weighted by Crippen LogP contribution is -2.49. The van der Waals surface area contributed by atoms with Crippen molar-refractivity contribution < 1.29 is 18.3 Å². The van der Waals surface area contributed by atoms with Crippen molar-refractivity contribution in [3.8, 4) is 0 Å². The van der Waals surface area contributed by atoms with E-state index in [0.29, 0.717) is 18.7 Å². The molecule has 0 radical (unpaired) electrons. The molecule has 1 aliphatic carbocycles. The number of anilines is 1. The van der Waals surface area contributed by atoms with Gasteiger partial charge in [0.2, 0.25) is 0 Å². The first-order valence-electron chi connectivity index (χ1n) is 6.37. The van der Waals surface area contributed by atoms with Crippen LogP contribution in [0, 0.1) is 18.4 Å². The molecule has 0 unspecified atom stereocenters. The van der Waals surface area contributed by atoms with Crippen molar-refractivity contribution >= 4 is 23.1 Å². The molecule has 2 aliphatic rings. The summed E-state index contributed by atoms with van der Waals surface area (Å²) in [5.41, 5.74) is 0.410. The number of halogens is 4. The molecule has 1 aromatic rings. The third-order valence-electron chi connectivity index (χ3n) is 4.11. The van der Waals surface area contributed by atoms with Gasteiger partial charge in [-0.3, -0.25) is 0 Å². The molecule has 112 valence electrons. The van der Waals surface area contributed by atoms with Gasteiger partial charge in [-0.25, -0.2) is 0 Å². The number of nitrogens with zero attached hydrogens (tertiary/aromatic N) is 3. The third kappa shape index (κ3) is 2.43. The van der Waals surface area contributed by atoms with Gasteiger partial charge in [0, 0.05) is 6.54 Å². The van der Waals surface area contributed by atoms with Crippen LogP contribution in [0.25, 0.3) is 4.85 Å². The van der Waals surface area contributed by atoms with E-state index in [9.17, 15) is 18.3 Å². The second-order valence-corrected chi connectivity index (χ2v) is 5.81. The second-order valence-electron chi connectivity index (χ2n) is 5.40. The van der Waals surface area contributed by atoms with Crippen molar-refractivity contribution in [3.05, 3.63) is 28.7 Å². The quantitative estimate of drug-likeness (QED) is 0.852. The van der Waals surface area contributed by atoms with Crippen molar-refractivity contribution in [3.63, 3.8) is 0 Å². The Kier molecular flexibility index (Phi) is 3.26. The first kappa shape index (κ1) is 14.4. The lowest BCUT2D eigenvalue weighted by atomic mass is 10.1. The van der Waals surface area contributed by atoms with Gasteiger partial charge in [-0.15, -0.1) is 4.98 Å². The van der Waals surface area contributed by atoms with Gasteiger partial charge in [0.25, 0.3) is 5.82 Å². The molecule has 1 saturated carbocycles. The van der Waals surface area contributed by atoms with Crippen LogP contribution in [0.1, 0.15) is 6.42 Å². The maximum atomic E-state index is 12.8. The molecule has 4 nitrogen and oxygen atoms in total. The molecule has 21 heavy (non-hydrogen) atoms. The van der Waals surface area contributed by atoms with Crippen molar-refractivity contribution in [1.82, 2.24) is 4.98 Å². The first-order chi connectivity index (χ1) is 9.82. The molecule has 0 aromatic carbocycles. The Morgan fingerprint density at radius 2 is 2.24 bits per heavy atom. The predicted molar refractivity (Wildman–Crippen MR) is 70.3 cm³/mol. The number of fused-ring (bicyclic) bond motifs is 1. The Labute approximate surface area is 124 Å². The molecule has 2 fully saturated rings. The number of alkyl halides is 3. The number of piperidine rings is 1. The van der Waals surface area contributed by atoms with E-state index < -0.39 is 18.3 Å². The molecular formula is C13H11ClF3N3O. The second kappa shape index (κ2) is 4.75. The van der Waals surface area contributed by atoms with Crippen molar-refractivity contribution in [2.75, 3.05) is 11.4 Å². The largest absolute Gasteiger partial charge is 0.416 e. The van der Waals surface area contributed by atoms with E-state index in [1.807, 2.05) is 0 Å². The monoisotopic (exact) mass is 317 g/mol. The van der Waals surface area contributed by atoms with Gasteiger partial charge in [-0.05, 0) is 24.3 Å². The maximum absolute atomic E-state index is 12.8. The molecule has 2 heterocycles. The average molecular weight is 318 g/mol. The predicted octanol–water partition coefficient (Wildman–Crippen LogP) is 3.03. The highest BCUT2D eigenvalue weighted by molar-refractivity contribution is 6.33. The zero-order valence-corrected chi connectivity index (χ0v) is 11.4. The number of aromatic nitrogens is 1.